The Morgan fingerprint density at radius 1 is 0.649 bits per heavy atom. The molecule has 0 unspecified atom stereocenters. The third-order valence-electron chi connectivity index (χ3n) is 10.8. The molecule has 57 heavy (non-hydrogen) atoms. The zero-order valence-corrected chi connectivity index (χ0v) is 31.9. The highest BCUT2D eigenvalue weighted by Crippen LogP contribution is 2.32. The van der Waals surface area contributed by atoms with Gasteiger partial charge in [0.2, 0.25) is 0 Å². The Morgan fingerprint density at radius 3 is 1.89 bits per heavy atom. The highest BCUT2D eigenvalue weighted by atomic mass is 19.1. The molecule has 16 heteroatoms. The maximum Gasteiger partial charge on any atom is 0.192 e. The third-order valence-corrected chi connectivity index (χ3v) is 10.8. The fourth-order valence-corrected chi connectivity index (χ4v) is 7.69. The number of likely N-dealkylation sites (tertiary alicyclic amines) is 1. The second-order valence-electron chi connectivity index (χ2n) is 15.0. The topological polar surface area (TPSA) is 149 Å². The second kappa shape index (κ2) is 14.8. The van der Waals surface area contributed by atoms with Crippen molar-refractivity contribution in [3.05, 3.63) is 94.9 Å². The molecule has 2 saturated heterocycles. The number of piperidine rings is 2. The lowest BCUT2D eigenvalue weighted by Crippen LogP contribution is -2.30. The highest BCUT2D eigenvalue weighted by molar-refractivity contribution is 5.86. The predicted octanol–water partition coefficient (Wildman–Crippen LogP) is 7.19. The van der Waals surface area contributed by atoms with E-state index in [1.54, 1.807) is 29.6 Å². The van der Waals surface area contributed by atoms with Crippen LogP contribution in [0.1, 0.15) is 66.3 Å². The quantitative estimate of drug-likeness (QED) is 0.193. The Balaban J connectivity index is 0.000000148. The number of hydrogen-bond donors (Lipinski definition) is 1. The maximum absolute atomic E-state index is 15.0. The minimum Gasteiger partial charge on any atom is -0.441 e. The molecule has 3 aromatic carbocycles. The molecule has 10 rings (SSSR count). The van der Waals surface area contributed by atoms with Gasteiger partial charge in [-0.05, 0) is 132 Å². The van der Waals surface area contributed by atoms with Gasteiger partial charge >= 0.3 is 0 Å². The van der Waals surface area contributed by atoms with Crippen LogP contribution in [-0.2, 0) is 0 Å². The summed E-state index contributed by atoms with van der Waals surface area (Å²) < 4.78 is 51.3. The standard InChI is InChI=1S/C21H22FN7.C20H17F2N5O/c1-12-8-17(27-29-11-13(2)23-21(12)29)15-9-16(22)19-18(10-15)25-26-20(24-19)14-4-6-28(3)7-5-14;1-10-24-19-15(22)7-13(9-17(19)28-10)12-6-14(21)18-16(8-12)26-27-20(25-18)11-2-4-23-5-3-11/h8-11,14H,4-7H2,1-3H3;6-9,11,23H,2-5H2,1H3. The summed E-state index contributed by atoms with van der Waals surface area (Å²) in [5, 5.41) is 24.9. The Morgan fingerprint density at radius 2 is 1.23 bits per heavy atom. The average molecular weight is 773 g/mol. The molecule has 2 fully saturated rings. The molecular weight excluding hydrogens is 734 g/mol. The molecule has 2 aliphatic heterocycles. The van der Waals surface area contributed by atoms with Gasteiger partial charge in [0.15, 0.2) is 46.2 Å². The first-order valence-corrected chi connectivity index (χ1v) is 19.0. The molecule has 0 bridgehead atoms. The fourth-order valence-electron chi connectivity index (χ4n) is 7.69. The Hall–Kier alpha value is -6.00. The van der Waals surface area contributed by atoms with Crippen LogP contribution < -0.4 is 5.32 Å². The Labute approximate surface area is 324 Å². The third kappa shape index (κ3) is 7.26. The molecule has 13 nitrogen and oxygen atoms in total. The van der Waals surface area contributed by atoms with Gasteiger partial charge in [-0.3, -0.25) is 0 Å². The van der Waals surface area contributed by atoms with Gasteiger partial charge in [-0.1, -0.05) is 0 Å². The number of nitrogens with zero attached hydrogens (tertiary/aromatic N) is 11. The largest absolute Gasteiger partial charge is 0.441 e. The van der Waals surface area contributed by atoms with Crippen LogP contribution in [0, 0.1) is 38.2 Å². The van der Waals surface area contributed by atoms with Gasteiger partial charge in [0.25, 0.3) is 0 Å². The fraction of sp³-hybridized carbons (Fsp3) is 0.341. The molecule has 7 heterocycles. The first-order valence-electron chi connectivity index (χ1n) is 19.0. The van der Waals surface area contributed by atoms with E-state index < -0.39 is 17.5 Å². The summed E-state index contributed by atoms with van der Waals surface area (Å²) in [6.07, 6.45) is 5.61. The molecule has 0 radical (unpaired) electrons. The number of benzene rings is 3. The van der Waals surface area contributed by atoms with Crippen molar-refractivity contribution >= 4 is 38.8 Å². The van der Waals surface area contributed by atoms with Crippen LogP contribution in [0.15, 0.2) is 53.1 Å². The zero-order chi connectivity index (χ0) is 39.4. The van der Waals surface area contributed by atoms with Gasteiger partial charge in [0, 0.05) is 24.3 Å². The zero-order valence-electron chi connectivity index (χ0n) is 31.9. The van der Waals surface area contributed by atoms with Crippen LogP contribution in [0.3, 0.4) is 0 Å². The summed E-state index contributed by atoms with van der Waals surface area (Å²) in [5.74, 6) is 0.579. The first kappa shape index (κ1) is 36.6. The summed E-state index contributed by atoms with van der Waals surface area (Å²) in [6.45, 7) is 9.32. The normalized spacial score (nSPS) is 15.8. The number of aryl methyl sites for hydroxylation is 3. The van der Waals surface area contributed by atoms with Gasteiger partial charge < -0.3 is 14.6 Å². The molecule has 0 saturated carbocycles. The predicted molar refractivity (Wildman–Crippen MR) is 208 cm³/mol. The molecule has 0 amide bonds. The van der Waals surface area contributed by atoms with Gasteiger partial charge in [-0.25, -0.2) is 37.6 Å². The van der Waals surface area contributed by atoms with E-state index in [9.17, 15) is 13.2 Å². The monoisotopic (exact) mass is 772 g/mol. The summed E-state index contributed by atoms with van der Waals surface area (Å²) in [5.41, 5.74) is 6.65. The van der Waals surface area contributed by atoms with Crippen molar-refractivity contribution in [3.8, 4) is 22.4 Å². The van der Waals surface area contributed by atoms with E-state index in [1.807, 2.05) is 26.1 Å². The van der Waals surface area contributed by atoms with Crippen LogP contribution in [-0.4, -0.2) is 88.1 Å². The summed E-state index contributed by atoms with van der Waals surface area (Å²) in [4.78, 5) is 19.7. The van der Waals surface area contributed by atoms with Gasteiger partial charge in [-0.2, -0.15) is 5.10 Å². The molecule has 2 aliphatic rings. The maximum atomic E-state index is 15.0. The smallest absolute Gasteiger partial charge is 0.192 e. The lowest BCUT2D eigenvalue weighted by Gasteiger charge is -2.27. The van der Waals surface area contributed by atoms with E-state index in [2.05, 4.69) is 62.7 Å². The number of rotatable bonds is 4. The van der Waals surface area contributed by atoms with E-state index in [0.29, 0.717) is 56.5 Å². The molecule has 1 N–H and O–H groups in total. The number of nitrogens with one attached hydrogen (secondary N) is 1. The lowest BCUT2D eigenvalue weighted by molar-refractivity contribution is 0.250. The van der Waals surface area contributed by atoms with Crippen LogP contribution in [0.2, 0.25) is 0 Å². The molecular formula is C41H39F3N12O. The van der Waals surface area contributed by atoms with E-state index >= 15 is 0 Å². The SMILES string of the molecule is Cc1cn2nc(-c3cc(F)c4nc(C5CCN(C)CC5)nnc4c3)cc(C)c2n1.Cc1nc2c(F)cc(-c3cc(F)c4nc(C5CCNCC5)nnc4c3)cc2o1. The summed E-state index contributed by atoms with van der Waals surface area (Å²) in [6, 6.07) is 11.1. The van der Waals surface area contributed by atoms with Gasteiger partial charge in [-0.15, -0.1) is 20.4 Å². The summed E-state index contributed by atoms with van der Waals surface area (Å²) >= 11 is 0. The van der Waals surface area contributed by atoms with Crippen molar-refractivity contribution < 1.29 is 17.6 Å². The number of oxazole rings is 1. The molecule has 8 aromatic rings. The molecule has 0 atom stereocenters. The van der Waals surface area contributed by atoms with Crippen LogP contribution in [0.4, 0.5) is 13.2 Å². The lowest BCUT2D eigenvalue weighted by atomic mass is 9.96. The van der Waals surface area contributed by atoms with E-state index in [0.717, 1.165) is 68.8 Å². The number of fused-ring (bicyclic) bond motifs is 4. The summed E-state index contributed by atoms with van der Waals surface area (Å²) in [7, 11) is 2.11. The average Bonchev–Trinajstić information content (AvgIpc) is 3.80. The molecule has 290 valence electrons. The number of aromatic nitrogens is 10. The van der Waals surface area contributed by atoms with E-state index in [-0.39, 0.29) is 28.4 Å². The second-order valence-corrected chi connectivity index (χ2v) is 15.0. The molecule has 0 aliphatic carbocycles. The van der Waals surface area contributed by atoms with Crippen molar-refractivity contribution in [1.29, 1.82) is 0 Å². The number of hydrogen-bond acceptors (Lipinski definition) is 12. The van der Waals surface area contributed by atoms with Crippen molar-refractivity contribution in [3.63, 3.8) is 0 Å². The van der Waals surface area contributed by atoms with E-state index in [1.165, 1.54) is 18.2 Å². The van der Waals surface area contributed by atoms with Crippen molar-refractivity contribution in [2.24, 2.45) is 0 Å². The Kier molecular flexibility index (Phi) is 9.52. The Bertz CT molecular complexity index is 2810. The van der Waals surface area contributed by atoms with Crippen LogP contribution in [0.5, 0.6) is 0 Å². The van der Waals surface area contributed by atoms with Gasteiger partial charge in [0.1, 0.15) is 27.6 Å². The highest BCUT2D eigenvalue weighted by Gasteiger charge is 2.23. The van der Waals surface area contributed by atoms with Crippen molar-refractivity contribution in [2.45, 2.75) is 58.3 Å². The van der Waals surface area contributed by atoms with Crippen LogP contribution >= 0.6 is 0 Å². The minimum atomic E-state index is -0.518. The van der Waals surface area contributed by atoms with Crippen LogP contribution in [0.25, 0.3) is 61.2 Å². The molecule has 0 spiro atoms. The number of halogens is 3. The minimum absolute atomic E-state index is 0.163. The molecule has 5 aromatic heterocycles. The van der Waals surface area contributed by atoms with E-state index in [4.69, 9.17) is 4.42 Å². The number of imidazole rings is 1. The first-order chi connectivity index (χ1) is 27.6. The van der Waals surface area contributed by atoms with Crippen molar-refractivity contribution in [2.75, 3.05) is 33.2 Å². The van der Waals surface area contributed by atoms with Gasteiger partial charge in [0.05, 0.1) is 17.6 Å². The van der Waals surface area contributed by atoms with Crippen molar-refractivity contribution in [1.82, 2.24) is 60.2 Å².